The molecule has 1 aliphatic carbocycles. The predicted molar refractivity (Wildman–Crippen MR) is 60.5 cm³/mol. The van der Waals surface area contributed by atoms with Gasteiger partial charge >= 0.3 is 0 Å². The fourth-order valence-corrected chi connectivity index (χ4v) is 1.75. The van der Waals surface area contributed by atoms with Crippen LogP contribution in [0.15, 0.2) is 0 Å². The predicted octanol–water partition coefficient (Wildman–Crippen LogP) is 2.44. The van der Waals surface area contributed by atoms with E-state index in [1.807, 2.05) is 0 Å². The first kappa shape index (κ1) is 12.0. The fourth-order valence-electron chi connectivity index (χ4n) is 1.75. The van der Waals surface area contributed by atoms with Crippen LogP contribution in [0.5, 0.6) is 0 Å². The Morgan fingerprint density at radius 1 is 1.36 bits per heavy atom. The van der Waals surface area contributed by atoms with Crippen molar-refractivity contribution in [2.24, 2.45) is 11.3 Å². The first-order valence-electron chi connectivity index (χ1n) is 5.97. The van der Waals surface area contributed by atoms with Crippen LogP contribution in [0.4, 0.5) is 0 Å². The monoisotopic (exact) mass is 199 g/mol. The summed E-state index contributed by atoms with van der Waals surface area (Å²) >= 11 is 0. The normalized spacial score (nSPS) is 18.9. The Morgan fingerprint density at radius 2 is 2.07 bits per heavy atom. The van der Waals surface area contributed by atoms with Gasteiger partial charge in [-0.3, -0.25) is 0 Å². The first-order valence-corrected chi connectivity index (χ1v) is 5.97. The number of hydrogen-bond acceptors (Lipinski definition) is 2. The van der Waals surface area contributed by atoms with Crippen molar-refractivity contribution in [1.82, 2.24) is 5.32 Å². The van der Waals surface area contributed by atoms with Gasteiger partial charge in [-0.1, -0.05) is 13.8 Å². The van der Waals surface area contributed by atoms with Gasteiger partial charge in [0.2, 0.25) is 0 Å². The highest BCUT2D eigenvalue weighted by molar-refractivity contribution is 4.94. The van der Waals surface area contributed by atoms with Crippen molar-refractivity contribution in [2.45, 2.75) is 40.0 Å². The van der Waals surface area contributed by atoms with E-state index < -0.39 is 0 Å². The van der Waals surface area contributed by atoms with Gasteiger partial charge in [-0.2, -0.15) is 0 Å². The summed E-state index contributed by atoms with van der Waals surface area (Å²) < 4.78 is 5.41. The molecular weight excluding hydrogens is 174 g/mol. The third kappa shape index (κ3) is 4.43. The average molecular weight is 199 g/mol. The molecule has 84 valence electrons. The highest BCUT2D eigenvalue weighted by Gasteiger charge is 2.41. The third-order valence-corrected chi connectivity index (χ3v) is 2.99. The molecule has 0 spiro atoms. The summed E-state index contributed by atoms with van der Waals surface area (Å²) in [4.78, 5) is 0. The van der Waals surface area contributed by atoms with E-state index >= 15 is 0 Å². The van der Waals surface area contributed by atoms with Crippen molar-refractivity contribution in [3.8, 4) is 0 Å². The molecule has 1 saturated carbocycles. The SMILES string of the molecule is CCOCCC1(CNCC(C)C)CC1. The lowest BCUT2D eigenvalue weighted by molar-refractivity contribution is 0.127. The fraction of sp³-hybridized carbons (Fsp3) is 1.00. The van der Waals surface area contributed by atoms with Gasteiger partial charge in [-0.15, -0.1) is 0 Å². The topological polar surface area (TPSA) is 21.3 Å². The maximum atomic E-state index is 5.41. The molecule has 0 aromatic rings. The summed E-state index contributed by atoms with van der Waals surface area (Å²) in [6.45, 7) is 10.7. The molecule has 0 aromatic heterocycles. The summed E-state index contributed by atoms with van der Waals surface area (Å²) in [5.41, 5.74) is 0.601. The van der Waals surface area contributed by atoms with Crippen LogP contribution < -0.4 is 5.32 Å². The standard InChI is InChI=1S/C12H25NO/c1-4-14-8-7-12(5-6-12)10-13-9-11(2)3/h11,13H,4-10H2,1-3H3. The molecule has 0 heterocycles. The molecule has 14 heavy (non-hydrogen) atoms. The molecule has 2 heteroatoms. The maximum Gasteiger partial charge on any atom is 0.0471 e. The molecule has 0 unspecified atom stereocenters. The summed E-state index contributed by atoms with van der Waals surface area (Å²) in [6, 6.07) is 0. The van der Waals surface area contributed by atoms with Crippen LogP contribution in [-0.4, -0.2) is 26.3 Å². The molecule has 0 amide bonds. The minimum absolute atomic E-state index is 0.601. The van der Waals surface area contributed by atoms with Gasteiger partial charge in [0.25, 0.3) is 0 Å². The highest BCUT2D eigenvalue weighted by atomic mass is 16.5. The molecule has 0 aliphatic heterocycles. The second-order valence-electron chi connectivity index (χ2n) is 4.97. The largest absolute Gasteiger partial charge is 0.382 e. The Labute approximate surface area is 88.4 Å². The molecule has 0 bridgehead atoms. The van der Waals surface area contributed by atoms with Crippen LogP contribution in [0.2, 0.25) is 0 Å². The maximum absolute atomic E-state index is 5.41. The minimum atomic E-state index is 0.601. The summed E-state index contributed by atoms with van der Waals surface area (Å²) in [5.74, 6) is 0.762. The molecule has 2 nitrogen and oxygen atoms in total. The van der Waals surface area contributed by atoms with Crippen LogP contribution in [0.3, 0.4) is 0 Å². The van der Waals surface area contributed by atoms with Gasteiger partial charge in [0.1, 0.15) is 0 Å². The molecular formula is C12H25NO. The van der Waals surface area contributed by atoms with E-state index in [0.29, 0.717) is 5.41 Å². The Hall–Kier alpha value is -0.0800. The Kier molecular flexibility index (Phi) is 4.90. The summed E-state index contributed by atoms with van der Waals surface area (Å²) in [7, 11) is 0. The number of ether oxygens (including phenoxy) is 1. The van der Waals surface area contributed by atoms with E-state index in [9.17, 15) is 0 Å². The van der Waals surface area contributed by atoms with E-state index in [1.54, 1.807) is 0 Å². The van der Waals surface area contributed by atoms with E-state index in [-0.39, 0.29) is 0 Å². The van der Waals surface area contributed by atoms with Crippen molar-refractivity contribution in [1.29, 1.82) is 0 Å². The van der Waals surface area contributed by atoms with Crippen molar-refractivity contribution in [3.63, 3.8) is 0 Å². The summed E-state index contributed by atoms with van der Waals surface area (Å²) in [5, 5.41) is 3.56. The molecule has 1 N–H and O–H groups in total. The van der Waals surface area contributed by atoms with Crippen LogP contribution in [0.1, 0.15) is 40.0 Å². The minimum Gasteiger partial charge on any atom is -0.382 e. The number of hydrogen-bond donors (Lipinski definition) is 1. The molecule has 1 fully saturated rings. The average Bonchev–Trinajstić information content (AvgIpc) is 2.85. The molecule has 0 radical (unpaired) electrons. The molecule has 0 atom stereocenters. The number of rotatable bonds is 8. The lowest BCUT2D eigenvalue weighted by Gasteiger charge is -2.16. The lowest BCUT2D eigenvalue weighted by atomic mass is 10.0. The highest BCUT2D eigenvalue weighted by Crippen LogP contribution is 2.48. The quantitative estimate of drug-likeness (QED) is 0.606. The molecule has 1 aliphatic rings. The van der Waals surface area contributed by atoms with Crippen LogP contribution in [0, 0.1) is 11.3 Å². The van der Waals surface area contributed by atoms with Gasteiger partial charge in [0, 0.05) is 19.8 Å². The van der Waals surface area contributed by atoms with Crippen molar-refractivity contribution in [3.05, 3.63) is 0 Å². The van der Waals surface area contributed by atoms with Gasteiger partial charge in [0.05, 0.1) is 0 Å². The Balaban J connectivity index is 2.03. The lowest BCUT2D eigenvalue weighted by Crippen LogP contribution is -2.28. The molecule has 0 saturated heterocycles. The van der Waals surface area contributed by atoms with E-state index in [2.05, 4.69) is 26.1 Å². The van der Waals surface area contributed by atoms with E-state index in [0.717, 1.165) is 25.7 Å². The smallest absolute Gasteiger partial charge is 0.0471 e. The van der Waals surface area contributed by atoms with Gasteiger partial charge < -0.3 is 10.1 Å². The zero-order valence-electron chi connectivity index (χ0n) is 9.94. The van der Waals surface area contributed by atoms with Crippen LogP contribution in [0.25, 0.3) is 0 Å². The van der Waals surface area contributed by atoms with Gasteiger partial charge in [-0.25, -0.2) is 0 Å². The van der Waals surface area contributed by atoms with Crippen molar-refractivity contribution in [2.75, 3.05) is 26.3 Å². The zero-order chi connectivity index (χ0) is 10.4. The van der Waals surface area contributed by atoms with E-state index in [4.69, 9.17) is 4.74 Å². The number of nitrogens with one attached hydrogen (secondary N) is 1. The van der Waals surface area contributed by atoms with Crippen LogP contribution >= 0.6 is 0 Å². The second-order valence-corrected chi connectivity index (χ2v) is 4.97. The van der Waals surface area contributed by atoms with Crippen molar-refractivity contribution < 1.29 is 4.74 Å². The van der Waals surface area contributed by atoms with Crippen molar-refractivity contribution >= 4 is 0 Å². The summed E-state index contributed by atoms with van der Waals surface area (Å²) in [6.07, 6.45) is 4.03. The third-order valence-electron chi connectivity index (χ3n) is 2.99. The van der Waals surface area contributed by atoms with Crippen LogP contribution in [-0.2, 0) is 4.74 Å². The van der Waals surface area contributed by atoms with Gasteiger partial charge in [-0.05, 0) is 44.1 Å². The second kappa shape index (κ2) is 5.72. The Morgan fingerprint density at radius 3 is 2.57 bits per heavy atom. The molecule has 0 aromatic carbocycles. The zero-order valence-corrected chi connectivity index (χ0v) is 9.94. The Bertz CT molecular complexity index is 152. The van der Waals surface area contributed by atoms with E-state index in [1.165, 1.54) is 25.8 Å². The van der Waals surface area contributed by atoms with Gasteiger partial charge in [0.15, 0.2) is 0 Å². The first-order chi connectivity index (χ1) is 6.68. The molecule has 1 rings (SSSR count).